The van der Waals surface area contributed by atoms with E-state index in [1.807, 2.05) is 0 Å². The van der Waals surface area contributed by atoms with Gasteiger partial charge in [-0.1, -0.05) is 92.6 Å². The number of hydrogen-bond donors (Lipinski definition) is 0. The first-order chi connectivity index (χ1) is 18.6. The maximum absolute atomic E-state index is 4.93. The van der Waals surface area contributed by atoms with Crippen LogP contribution >= 0.6 is 46.3 Å². The van der Waals surface area contributed by atoms with E-state index in [0.29, 0.717) is 12.0 Å². The average Bonchev–Trinajstić information content (AvgIpc) is 2.95. The Hall–Kier alpha value is -0.898. The summed E-state index contributed by atoms with van der Waals surface area (Å²) < 4.78 is 3.06. The van der Waals surface area contributed by atoms with Crippen molar-refractivity contribution in [1.82, 2.24) is 4.44 Å². The van der Waals surface area contributed by atoms with Gasteiger partial charge in [0.05, 0.1) is 6.04 Å². The Morgan fingerprint density at radius 3 is 1.13 bits per heavy atom. The van der Waals surface area contributed by atoms with Gasteiger partial charge < -0.3 is 0 Å². The van der Waals surface area contributed by atoms with Gasteiger partial charge in [-0.15, -0.1) is 0 Å². The molecule has 7 heteroatoms. The first-order valence-corrected chi connectivity index (χ1v) is 21.2. The molecule has 0 radical (unpaired) electrons. The van der Waals surface area contributed by atoms with Crippen LogP contribution in [0, 0.1) is 5.92 Å². The van der Waals surface area contributed by atoms with E-state index in [9.17, 15) is 0 Å². The van der Waals surface area contributed by atoms with Crippen molar-refractivity contribution in [3.63, 3.8) is 0 Å². The van der Waals surface area contributed by atoms with E-state index in [4.69, 9.17) is 30.1 Å². The van der Waals surface area contributed by atoms with E-state index in [-0.39, 0.29) is 0 Å². The Bertz CT molecular complexity index is 1040. The molecule has 199 valence electrons. The monoisotopic (exact) mass is 640 g/mol. The molecule has 0 heterocycles. The zero-order valence-corrected chi connectivity index (χ0v) is 27.1. The van der Waals surface area contributed by atoms with Gasteiger partial charge in [-0.25, -0.2) is 0 Å². The molecule has 0 aliphatic heterocycles. The molecule has 0 N–H and O–H groups in total. The Kier molecular flexibility index (Phi) is 12.5. The van der Waals surface area contributed by atoms with Crippen LogP contribution in [-0.4, -0.2) is 10.5 Å². The first kappa shape index (κ1) is 30.1. The molecular formula is C31H35Cl3CrNP2+2. The van der Waals surface area contributed by atoms with Crippen LogP contribution < -0.4 is 21.2 Å². The van der Waals surface area contributed by atoms with Gasteiger partial charge >= 0.3 is 41.5 Å². The molecule has 4 aromatic carbocycles. The van der Waals surface area contributed by atoms with Crippen LogP contribution in [0.25, 0.3) is 0 Å². The van der Waals surface area contributed by atoms with Gasteiger partial charge in [0.1, 0.15) is 21.2 Å². The average molecular weight is 642 g/mol. The van der Waals surface area contributed by atoms with Crippen LogP contribution in [0.4, 0.5) is 0 Å². The molecule has 0 amide bonds. The van der Waals surface area contributed by atoms with Crippen LogP contribution in [0.3, 0.4) is 0 Å². The third-order valence-electron chi connectivity index (χ3n) is 7.07. The van der Waals surface area contributed by atoms with Crippen molar-refractivity contribution in [2.24, 2.45) is 5.92 Å². The van der Waals surface area contributed by atoms with Crippen molar-refractivity contribution < 1.29 is 11.4 Å². The van der Waals surface area contributed by atoms with Crippen LogP contribution in [0.5, 0.6) is 0 Å². The van der Waals surface area contributed by atoms with Crippen molar-refractivity contribution in [3.05, 3.63) is 121 Å². The summed E-state index contributed by atoms with van der Waals surface area (Å²) in [6.07, 6.45) is 5.33. The molecule has 0 saturated heterocycles. The molecule has 1 fully saturated rings. The van der Waals surface area contributed by atoms with Crippen molar-refractivity contribution in [3.8, 4) is 0 Å². The van der Waals surface area contributed by atoms with Gasteiger partial charge in [-0.2, -0.15) is 0 Å². The second kappa shape index (κ2) is 15.8. The van der Waals surface area contributed by atoms with Crippen LogP contribution in [0.1, 0.15) is 32.6 Å². The molecule has 0 spiro atoms. The van der Waals surface area contributed by atoms with Crippen LogP contribution in [0.2, 0.25) is 0 Å². The number of nitrogens with zero attached hydrogens (tertiary/aromatic N) is 1. The van der Waals surface area contributed by atoms with Gasteiger partial charge in [0.15, 0.2) is 16.1 Å². The van der Waals surface area contributed by atoms with Crippen molar-refractivity contribution >= 4 is 67.5 Å². The fraction of sp³-hybridized carbons (Fsp3) is 0.226. The predicted molar refractivity (Wildman–Crippen MR) is 172 cm³/mol. The van der Waals surface area contributed by atoms with Crippen molar-refractivity contribution in [2.45, 2.75) is 38.6 Å². The normalized spacial score (nSPS) is 17.5. The SMILES string of the molecule is CC1CCCCC1N([PH+](c1ccccc1)c1ccccc1)[PH+](c1ccccc1)c1ccccc1.[Cl][Cr]([Cl])[Cl]. The third-order valence-corrected chi connectivity index (χ3v) is 13.6. The number of hydrogen-bond acceptors (Lipinski definition) is 1. The molecule has 1 aliphatic rings. The Morgan fingerprint density at radius 1 is 0.553 bits per heavy atom. The zero-order chi connectivity index (χ0) is 26.7. The van der Waals surface area contributed by atoms with E-state index in [1.54, 1.807) is 0 Å². The van der Waals surface area contributed by atoms with Crippen LogP contribution in [0.15, 0.2) is 121 Å². The van der Waals surface area contributed by atoms with Gasteiger partial charge in [0.25, 0.3) is 0 Å². The van der Waals surface area contributed by atoms with Gasteiger partial charge in [-0.3, -0.25) is 0 Å². The molecule has 2 unspecified atom stereocenters. The second-order valence-corrected chi connectivity index (χ2v) is 21.0. The Morgan fingerprint density at radius 2 is 0.842 bits per heavy atom. The minimum atomic E-state index is -1.62. The zero-order valence-electron chi connectivity index (χ0n) is 21.5. The van der Waals surface area contributed by atoms with Gasteiger partial charge in [0, 0.05) is 0 Å². The predicted octanol–water partition coefficient (Wildman–Crippen LogP) is 8.49. The molecule has 1 nitrogen and oxygen atoms in total. The molecule has 1 aliphatic carbocycles. The maximum atomic E-state index is 4.93. The molecule has 0 aromatic heterocycles. The standard InChI is InChI=1S/C31H33NP2.3ClH.Cr/c1-26-16-14-15-25-31(26)32(33(27-17-6-2-7-18-27)28-19-8-3-9-20-28)34(29-21-10-4-11-22-29)30-23-12-5-13-24-30;;;;/h2-13,17-24,26,31H,14-16,25H2,1H3;3*1H;/q;;;;+3/p-1. The van der Waals surface area contributed by atoms with E-state index in [2.05, 4.69) is 133 Å². The van der Waals surface area contributed by atoms with Crippen molar-refractivity contribution in [1.29, 1.82) is 0 Å². The van der Waals surface area contributed by atoms with E-state index >= 15 is 0 Å². The molecular weight excluding hydrogens is 607 g/mol. The van der Waals surface area contributed by atoms with E-state index in [0.717, 1.165) is 0 Å². The fourth-order valence-electron chi connectivity index (χ4n) is 5.40. The minimum absolute atomic E-state index is 0.595. The third kappa shape index (κ3) is 8.31. The summed E-state index contributed by atoms with van der Waals surface area (Å²) in [5, 5.41) is 5.97. The summed E-state index contributed by atoms with van der Waals surface area (Å²) >= 11 is -1.62. The first-order valence-electron chi connectivity index (χ1n) is 13.0. The molecule has 5 rings (SSSR count). The van der Waals surface area contributed by atoms with Gasteiger partial charge in [0.2, 0.25) is 0 Å². The van der Waals surface area contributed by atoms with Gasteiger partial charge in [-0.05, 0) is 71.7 Å². The summed E-state index contributed by atoms with van der Waals surface area (Å²) in [4.78, 5) is 0. The van der Waals surface area contributed by atoms with E-state index < -0.39 is 27.5 Å². The quantitative estimate of drug-likeness (QED) is 0.183. The molecule has 0 bridgehead atoms. The summed E-state index contributed by atoms with van der Waals surface area (Å²) in [5.41, 5.74) is 0. The Labute approximate surface area is 247 Å². The van der Waals surface area contributed by atoms with E-state index in [1.165, 1.54) is 46.9 Å². The van der Waals surface area contributed by atoms with Crippen LogP contribution in [-0.2, 0) is 11.4 Å². The molecule has 38 heavy (non-hydrogen) atoms. The molecule has 2 atom stereocenters. The summed E-state index contributed by atoms with van der Waals surface area (Å²) in [7, 11) is 12.4. The number of rotatable bonds is 7. The Balaban J connectivity index is 0.000000786. The summed E-state index contributed by atoms with van der Waals surface area (Å²) in [6.45, 7) is 2.50. The molecule has 1 saturated carbocycles. The van der Waals surface area contributed by atoms with Crippen molar-refractivity contribution in [2.75, 3.05) is 0 Å². The topological polar surface area (TPSA) is 3.24 Å². The second-order valence-electron chi connectivity index (χ2n) is 9.54. The fourth-order valence-corrected chi connectivity index (χ4v) is 13.1. The number of halogens is 3. The molecule has 4 aromatic rings. The summed E-state index contributed by atoms with van der Waals surface area (Å²) in [6, 6.07) is 46.0. The summed E-state index contributed by atoms with van der Waals surface area (Å²) in [5.74, 6) is 0.702. The number of benzene rings is 4.